The predicted molar refractivity (Wildman–Crippen MR) is 50.7 cm³/mol. The molecule has 6 nitrogen and oxygen atoms in total. The molecule has 0 radical (unpaired) electrons. The lowest BCUT2D eigenvalue weighted by Crippen LogP contribution is -2.10. The summed E-state index contributed by atoms with van der Waals surface area (Å²) < 4.78 is 37.1. The first-order valence-corrected chi connectivity index (χ1v) is 4.56. The monoisotopic (exact) mass is 244 g/mol. The summed E-state index contributed by atoms with van der Waals surface area (Å²) in [5, 5.41) is 15.5. The molecular weight excluding hydrogens is 237 g/mol. The van der Waals surface area contributed by atoms with Gasteiger partial charge in [-0.1, -0.05) is 11.3 Å². The smallest absolute Gasteiger partial charge is 0.363 e. The highest BCUT2D eigenvalue weighted by Crippen LogP contribution is 2.28. The minimum Gasteiger partial charge on any atom is -0.363 e. The summed E-state index contributed by atoms with van der Waals surface area (Å²) in [6.07, 6.45) is -4.45. The Hall–Kier alpha value is -2.19. The number of aromatic nitrogens is 5. The van der Waals surface area contributed by atoms with Gasteiger partial charge in [-0.25, -0.2) is 4.98 Å². The first-order valence-electron chi connectivity index (χ1n) is 4.56. The lowest BCUT2D eigenvalue weighted by Gasteiger charge is -2.08. The minimum atomic E-state index is -4.45. The zero-order chi connectivity index (χ0) is 12.3. The topological polar surface area (TPSA) is 79.4 Å². The van der Waals surface area contributed by atoms with Crippen LogP contribution < -0.4 is 5.32 Å². The summed E-state index contributed by atoms with van der Waals surface area (Å²) in [5.41, 5.74) is -0.949. The average molecular weight is 244 g/mol. The second-order valence-electron chi connectivity index (χ2n) is 3.09. The molecule has 0 unspecified atom stereocenters. The standard InChI is InChI=1S/C8H7F3N6/c9-8(10,11)5-2-1-3-6(13-5)12-4-7-14-16-17-15-7/h1-3H,4H2,(H,12,13)(H,14,15,16,17). The van der Waals surface area contributed by atoms with Crippen molar-refractivity contribution in [2.45, 2.75) is 12.7 Å². The van der Waals surface area contributed by atoms with E-state index >= 15 is 0 Å². The van der Waals surface area contributed by atoms with Gasteiger partial charge in [0.15, 0.2) is 5.82 Å². The van der Waals surface area contributed by atoms with Crippen molar-refractivity contribution in [1.82, 2.24) is 25.6 Å². The van der Waals surface area contributed by atoms with Gasteiger partial charge in [-0.05, 0) is 12.1 Å². The van der Waals surface area contributed by atoms with Gasteiger partial charge in [0.05, 0.1) is 6.54 Å². The molecule has 2 rings (SSSR count). The number of rotatable bonds is 3. The van der Waals surface area contributed by atoms with Crippen molar-refractivity contribution < 1.29 is 13.2 Å². The molecule has 0 atom stereocenters. The summed E-state index contributed by atoms with van der Waals surface area (Å²) in [6.45, 7) is 0.144. The average Bonchev–Trinajstić information content (AvgIpc) is 2.78. The summed E-state index contributed by atoms with van der Waals surface area (Å²) >= 11 is 0. The molecule has 0 aromatic carbocycles. The number of aromatic amines is 1. The van der Waals surface area contributed by atoms with E-state index in [0.717, 1.165) is 6.07 Å². The van der Waals surface area contributed by atoms with Gasteiger partial charge in [0.1, 0.15) is 11.5 Å². The molecule has 2 heterocycles. The predicted octanol–water partition coefficient (Wildman–Crippen LogP) is 1.23. The molecule has 0 aliphatic carbocycles. The second kappa shape index (κ2) is 4.36. The van der Waals surface area contributed by atoms with Gasteiger partial charge >= 0.3 is 6.18 Å². The molecule has 0 aliphatic rings. The van der Waals surface area contributed by atoms with Crippen LogP contribution in [0.5, 0.6) is 0 Å². The van der Waals surface area contributed by atoms with E-state index in [1.165, 1.54) is 12.1 Å². The number of anilines is 1. The normalized spacial score (nSPS) is 11.5. The van der Waals surface area contributed by atoms with E-state index in [0.29, 0.717) is 5.82 Å². The highest BCUT2D eigenvalue weighted by atomic mass is 19.4. The van der Waals surface area contributed by atoms with Crippen LogP contribution in [0.4, 0.5) is 19.0 Å². The van der Waals surface area contributed by atoms with Crippen LogP contribution in [-0.4, -0.2) is 25.6 Å². The molecule has 0 bridgehead atoms. The zero-order valence-corrected chi connectivity index (χ0v) is 8.36. The Kier molecular flexibility index (Phi) is 2.90. The number of nitrogens with one attached hydrogen (secondary N) is 2. The minimum absolute atomic E-state index is 0.102. The Labute approximate surface area is 93.3 Å². The van der Waals surface area contributed by atoms with Gasteiger partial charge in [-0.2, -0.15) is 18.4 Å². The van der Waals surface area contributed by atoms with Crippen molar-refractivity contribution >= 4 is 5.82 Å². The number of tetrazole rings is 1. The van der Waals surface area contributed by atoms with E-state index in [2.05, 4.69) is 30.9 Å². The van der Waals surface area contributed by atoms with E-state index in [4.69, 9.17) is 0 Å². The number of H-pyrrole nitrogens is 1. The third-order valence-corrected chi connectivity index (χ3v) is 1.86. The summed E-state index contributed by atoms with van der Waals surface area (Å²) in [5.74, 6) is 0.439. The van der Waals surface area contributed by atoms with E-state index in [9.17, 15) is 13.2 Å². The van der Waals surface area contributed by atoms with Crippen LogP contribution in [-0.2, 0) is 12.7 Å². The van der Waals surface area contributed by atoms with Crippen molar-refractivity contribution in [3.8, 4) is 0 Å². The van der Waals surface area contributed by atoms with Gasteiger partial charge < -0.3 is 5.32 Å². The van der Waals surface area contributed by atoms with Gasteiger partial charge in [0.2, 0.25) is 0 Å². The number of halogens is 3. The van der Waals surface area contributed by atoms with Crippen LogP contribution in [0, 0.1) is 0 Å². The first kappa shape index (κ1) is 11.3. The van der Waals surface area contributed by atoms with Crippen molar-refractivity contribution in [3.63, 3.8) is 0 Å². The van der Waals surface area contributed by atoms with Crippen LogP contribution in [0.1, 0.15) is 11.5 Å². The number of hydrogen-bond donors (Lipinski definition) is 2. The molecule has 0 spiro atoms. The van der Waals surface area contributed by atoms with Crippen LogP contribution in [0.15, 0.2) is 18.2 Å². The van der Waals surface area contributed by atoms with Crippen molar-refractivity contribution in [2.24, 2.45) is 0 Å². The molecule has 0 saturated carbocycles. The molecule has 9 heteroatoms. The first-order chi connectivity index (χ1) is 8.05. The molecule has 2 aromatic rings. The Bertz CT molecular complexity index is 480. The Morgan fingerprint density at radius 3 is 2.76 bits per heavy atom. The van der Waals surface area contributed by atoms with Gasteiger partial charge in [0.25, 0.3) is 0 Å². The highest BCUT2D eigenvalue weighted by molar-refractivity contribution is 5.35. The van der Waals surface area contributed by atoms with E-state index in [1.54, 1.807) is 0 Å². The number of hydrogen-bond acceptors (Lipinski definition) is 5. The zero-order valence-electron chi connectivity index (χ0n) is 8.36. The summed E-state index contributed by atoms with van der Waals surface area (Å²) in [7, 11) is 0. The molecule has 0 saturated heterocycles. The van der Waals surface area contributed by atoms with Crippen LogP contribution in [0.2, 0.25) is 0 Å². The molecule has 0 amide bonds. The van der Waals surface area contributed by atoms with E-state index in [1.807, 2.05) is 0 Å². The van der Waals surface area contributed by atoms with Crippen LogP contribution in [0.25, 0.3) is 0 Å². The van der Waals surface area contributed by atoms with Gasteiger partial charge in [-0.15, -0.1) is 10.2 Å². The summed E-state index contributed by atoms with van der Waals surface area (Å²) in [4.78, 5) is 3.42. The van der Waals surface area contributed by atoms with Crippen LogP contribution >= 0.6 is 0 Å². The number of alkyl halides is 3. The quantitative estimate of drug-likeness (QED) is 0.848. The largest absolute Gasteiger partial charge is 0.433 e. The van der Waals surface area contributed by atoms with Gasteiger partial charge in [-0.3, -0.25) is 0 Å². The third kappa shape index (κ3) is 2.89. The van der Waals surface area contributed by atoms with E-state index < -0.39 is 11.9 Å². The second-order valence-corrected chi connectivity index (χ2v) is 3.09. The fraction of sp³-hybridized carbons (Fsp3) is 0.250. The fourth-order valence-electron chi connectivity index (χ4n) is 1.12. The maximum absolute atomic E-state index is 12.4. The van der Waals surface area contributed by atoms with Crippen molar-refractivity contribution in [1.29, 1.82) is 0 Å². The molecular formula is C8H7F3N6. The Balaban J connectivity index is 2.07. The van der Waals surface area contributed by atoms with Crippen molar-refractivity contribution in [3.05, 3.63) is 29.7 Å². The molecule has 0 fully saturated rings. The lowest BCUT2D eigenvalue weighted by atomic mass is 10.3. The maximum atomic E-state index is 12.4. The SMILES string of the molecule is FC(F)(F)c1cccc(NCc2nn[nH]n2)n1. The van der Waals surface area contributed by atoms with Gasteiger partial charge in [0, 0.05) is 0 Å². The lowest BCUT2D eigenvalue weighted by molar-refractivity contribution is -0.141. The molecule has 90 valence electrons. The Morgan fingerprint density at radius 1 is 1.29 bits per heavy atom. The number of nitrogens with zero attached hydrogens (tertiary/aromatic N) is 4. The highest BCUT2D eigenvalue weighted by Gasteiger charge is 2.32. The third-order valence-electron chi connectivity index (χ3n) is 1.86. The summed E-state index contributed by atoms with van der Waals surface area (Å²) in [6, 6.07) is 3.60. The maximum Gasteiger partial charge on any atom is 0.433 e. The van der Waals surface area contributed by atoms with Crippen molar-refractivity contribution in [2.75, 3.05) is 5.32 Å². The van der Waals surface area contributed by atoms with E-state index in [-0.39, 0.29) is 12.4 Å². The molecule has 0 aliphatic heterocycles. The molecule has 2 aromatic heterocycles. The fourth-order valence-corrected chi connectivity index (χ4v) is 1.12. The number of pyridine rings is 1. The molecule has 2 N–H and O–H groups in total. The Morgan fingerprint density at radius 2 is 2.12 bits per heavy atom. The molecule has 17 heavy (non-hydrogen) atoms. The van der Waals surface area contributed by atoms with Crippen LogP contribution in [0.3, 0.4) is 0 Å².